The average Bonchev–Trinajstić information content (AvgIpc) is 2.87. The quantitative estimate of drug-likeness (QED) is 0.834. The van der Waals surface area contributed by atoms with Crippen molar-refractivity contribution in [2.75, 3.05) is 20.3 Å². The number of hydrogen-bond donors (Lipinski definition) is 1. The van der Waals surface area contributed by atoms with Gasteiger partial charge in [-0.3, -0.25) is 0 Å². The van der Waals surface area contributed by atoms with E-state index in [-0.39, 0.29) is 0 Å². The van der Waals surface area contributed by atoms with E-state index in [1.807, 2.05) is 18.3 Å². The number of benzene rings is 1. The van der Waals surface area contributed by atoms with Crippen molar-refractivity contribution in [3.05, 3.63) is 46.2 Å². The minimum absolute atomic E-state index is 0.523. The molecule has 2 rings (SSSR count). The molecule has 0 aliphatic carbocycles. The van der Waals surface area contributed by atoms with Gasteiger partial charge in [0.1, 0.15) is 0 Å². The van der Waals surface area contributed by atoms with E-state index in [0.717, 1.165) is 17.9 Å². The van der Waals surface area contributed by atoms with Gasteiger partial charge in [0.25, 0.3) is 0 Å². The average molecular weight is 300 g/mol. The lowest BCUT2D eigenvalue weighted by Crippen LogP contribution is -2.18. The summed E-state index contributed by atoms with van der Waals surface area (Å²) in [5.41, 5.74) is 1.85. The molecule has 0 spiro atoms. The third-order valence-electron chi connectivity index (χ3n) is 2.60. The molecule has 1 heterocycles. The summed E-state index contributed by atoms with van der Waals surface area (Å²) in [6, 6.07) is 7.39. The van der Waals surface area contributed by atoms with Crippen LogP contribution < -0.4 is 5.32 Å². The van der Waals surface area contributed by atoms with E-state index in [2.05, 4.69) is 10.4 Å². The van der Waals surface area contributed by atoms with Gasteiger partial charge in [-0.2, -0.15) is 5.10 Å². The fraction of sp³-hybridized carbons (Fsp3) is 0.308. The lowest BCUT2D eigenvalue weighted by atomic mass is 10.3. The van der Waals surface area contributed by atoms with Gasteiger partial charge in [-0.15, -0.1) is 0 Å². The second kappa shape index (κ2) is 6.91. The number of halogens is 2. The van der Waals surface area contributed by atoms with Crippen LogP contribution in [0, 0.1) is 0 Å². The lowest BCUT2D eigenvalue weighted by Gasteiger charge is -2.03. The summed E-state index contributed by atoms with van der Waals surface area (Å²) in [5.74, 6) is 0. The van der Waals surface area contributed by atoms with Gasteiger partial charge >= 0.3 is 0 Å². The SMILES string of the molecule is COCCNCc1ccn(-c2ccc(Cl)c(Cl)c2)n1. The van der Waals surface area contributed by atoms with E-state index < -0.39 is 0 Å². The molecule has 1 aromatic heterocycles. The molecule has 2 aromatic rings. The summed E-state index contributed by atoms with van der Waals surface area (Å²) in [4.78, 5) is 0. The third-order valence-corrected chi connectivity index (χ3v) is 3.34. The first kappa shape index (κ1) is 14.3. The summed E-state index contributed by atoms with van der Waals surface area (Å²) in [6.07, 6.45) is 1.90. The zero-order valence-corrected chi connectivity index (χ0v) is 12.1. The smallest absolute Gasteiger partial charge is 0.0766 e. The van der Waals surface area contributed by atoms with Crippen molar-refractivity contribution in [3.63, 3.8) is 0 Å². The van der Waals surface area contributed by atoms with Crippen LogP contribution in [-0.4, -0.2) is 30.0 Å². The Labute approximate surface area is 122 Å². The van der Waals surface area contributed by atoms with Crippen molar-refractivity contribution in [2.24, 2.45) is 0 Å². The molecular formula is C13H15Cl2N3O. The van der Waals surface area contributed by atoms with E-state index in [0.29, 0.717) is 23.2 Å². The molecule has 0 fully saturated rings. The summed E-state index contributed by atoms with van der Waals surface area (Å²) in [5, 5.41) is 8.76. The largest absolute Gasteiger partial charge is 0.383 e. The zero-order chi connectivity index (χ0) is 13.7. The first-order valence-electron chi connectivity index (χ1n) is 5.90. The van der Waals surface area contributed by atoms with Crippen LogP contribution in [0.2, 0.25) is 10.0 Å². The van der Waals surface area contributed by atoms with E-state index in [4.69, 9.17) is 27.9 Å². The Morgan fingerprint density at radius 3 is 2.84 bits per heavy atom. The topological polar surface area (TPSA) is 39.1 Å². The Morgan fingerprint density at radius 1 is 1.26 bits per heavy atom. The molecule has 0 amide bonds. The van der Waals surface area contributed by atoms with Crippen LogP contribution >= 0.6 is 23.2 Å². The minimum Gasteiger partial charge on any atom is -0.383 e. The molecule has 19 heavy (non-hydrogen) atoms. The third kappa shape index (κ3) is 3.94. The van der Waals surface area contributed by atoms with Crippen molar-refractivity contribution in [1.29, 1.82) is 0 Å². The Bertz CT molecular complexity index is 542. The van der Waals surface area contributed by atoms with E-state index in [9.17, 15) is 0 Å². The molecule has 0 unspecified atom stereocenters. The van der Waals surface area contributed by atoms with Gasteiger partial charge < -0.3 is 10.1 Å². The Morgan fingerprint density at radius 2 is 2.11 bits per heavy atom. The Hall–Kier alpha value is -1.07. The summed E-state index contributed by atoms with van der Waals surface area (Å²) >= 11 is 11.9. The highest BCUT2D eigenvalue weighted by Crippen LogP contribution is 2.24. The normalized spacial score (nSPS) is 10.9. The predicted molar refractivity (Wildman–Crippen MR) is 77.2 cm³/mol. The van der Waals surface area contributed by atoms with Gasteiger partial charge in [0.05, 0.1) is 28.0 Å². The maximum atomic E-state index is 5.99. The van der Waals surface area contributed by atoms with Gasteiger partial charge in [-0.05, 0) is 24.3 Å². The van der Waals surface area contributed by atoms with Gasteiger partial charge in [-0.1, -0.05) is 23.2 Å². The van der Waals surface area contributed by atoms with Crippen LogP contribution in [0.4, 0.5) is 0 Å². The monoisotopic (exact) mass is 299 g/mol. The molecule has 0 aliphatic rings. The highest BCUT2D eigenvalue weighted by Gasteiger charge is 2.04. The molecular weight excluding hydrogens is 285 g/mol. The molecule has 1 aromatic carbocycles. The molecule has 0 bridgehead atoms. The first-order chi connectivity index (χ1) is 9.20. The van der Waals surface area contributed by atoms with E-state index in [1.165, 1.54) is 0 Å². The Kier molecular flexibility index (Phi) is 5.22. The minimum atomic E-state index is 0.523. The standard InChI is InChI=1S/C13H15Cl2N3O/c1-19-7-5-16-9-10-4-6-18(17-10)11-2-3-12(14)13(15)8-11/h2-4,6,8,16H,5,7,9H2,1H3. The number of nitrogens with one attached hydrogen (secondary N) is 1. The second-order valence-corrected chi connectivity index (χ2v) is 4.83. The molecule has 4 nitrogen and oxygen atoms in total. The summed E-state index contributed by atoms with van der Waals surface area (Å²) < 4.78 is 6.74. The van der Waals surface area contributed by atoms with E-state index in [1.54, 1.807) is 23.9 Å². The fourth-order valence-corrected chi connectivity index (χ4v) is 1.91. The Balaban J connectivity index is 2.01. The lowest BCUT2D eigenvalue weighted by molar-refractivity contribution is 0.199. The summed E-state index contributed by atoms with van der Waals surface area (Å²) in [7, 11) is 1.68. The maximum absolute atomic E-state index is 5.99. The van der Waals surface area contributed by atoms with Crippen molar-refractivity contribution in [2.45, 2.75) is 6.54 Å². The first-order valence-corrected chi connectivity index (χ1v) is 6.66. The molecule has 0 aliphatic heterocycles. The highest BCUT2D eigenvalue weighted by molar-refractivity contribution is 6.42. The molecule has 0 saturated carbocycles. The maximum Gasteiger partial charge on any atom is 0.0766 e. The van der Waals surface area contributed by atoms with Gasteiger partial charge in [0.2, 0.25) is 0 Å². The number of methoxy groups -OCH3 is 1. The van der Waals surface area contributed by atoms with Crippen LogP contribution in [0.5, 0.6) is 0 Å². The van der Waals surface area contributed by atoms with E-state index >= 15 is 0 Å². The van der Waals surface area contributed by atoms with Crippen LogP contribution in [0.15, 0.2) is 30.5 Å². The molecule has 102 valence electrons. The molecule has 0 atom stereocenters. The predicted octanol–water partition coefficient (Wildman–Crippen LogP) is 2.92. The second-order valence-electron chi connectivity index (χ2n) is 4.02. The van der Waals surface area contributed by atoms with Crippen molar-refractivity contribution < 1.29 is 4.74 Å². The van der Waals surface area contributed by atoms with Crippen LogP contribution in [0.25, 0.3) is 5.69 Å². The molecule has 0 radical (unpaired) electrons. The number of ether oxygens (including phenoxy) is 1. The fourth-order valence-electron chi connectivity index (χ4n) is 1.62. The molecule has 0 saturated heterocycles. The molecule has 6 heteroatoms. The van der Waals surface area contributed by atoms with Gasteiger partial charge in [0.15, 0.2) is 0 Å². The highest BCUT2D eigenvalue weighted by atomic mass is 35.5. The van der Waals surface area contributed by atoms with Crippen molar-refractivity contribution in [3.8, 4) is 5.69 Å². The van der Waals surface area contributed by atoms with Crippen LogP contribution in [0.3, 0.4) is 0 Å². The zero-order valence-electron chi connectivity index (χ0n) is 10.6. The van der Waals surface area contributed by atoms with Crippen molar-refractivity contribution in [1.82, 2.24) is 15.1 Å². The number of rotatable bonds is 6. The number of nitrogens with zero attached hydrogens (tertiary/aromatic N) is 2. The van der Waals surface area contributed by atoms with Gasteiger partial charge in [-0.25, -0.2) is 4.68 Å². The molecule has 1 N–H and O–H groups in total. The van der Waals surface area contributed by atoms with Gasteiger partial charge in [0, 0.05) is 26.4 Å². The van der Waals surface area contributed by atoms with Crippen LogP contribution in [-0.2, 0) is 11.3 Å². The number of aromatic nitrogens is 2. The van der Waals surface area contributed by atoms with Crippen molar-refractivity contribution >= 4 is 23.2 Å². The summed E-state index contributed by atoms with van der Waals surface area (Å²) in [6.45, 7) is 2.20. The number of hydrogen-bond acceptors (Lipinski definition) is 3. The van der Waals surface area contributed by atoms with Crippen LogP contribution in [0.1, 0.15) is 5.69 Å².